The molecule has 5 rings (SSSR count). The van der Waals surface area contributed by atoms with E-state index in [0.717, 1.165) is 16.7 Å². The summed E-state index contributed by atoms with van der Waals surface area (Å²) in [5.74, 6) is -0.236. The van der Waals surface area contributed by atoms with Crippen molar-refractivity contribution in [2.75, 3.05) is 0 Å². The van der Waals surface area contributed by atoms with E-state index in [9.17, 15) is 9.59 Å². The number of aryl methyl sites for hydroxylation is 2. The van der Waals surface area contributed by atoms with E-state index < -0.39 is 6.04 Å². The SMILES string of the molecule is Cc1cc(C)c2oc3c(c(=O)c2c1)C(c1ccc(Cl)c(Cl)c1)N(Cc1ccccc1)C3=O. The van der Waals surface area contributed by atoms with Gasteiger partial charge in [0, 0.05) is 6.54 Å². The molecule has 0 bridgehead atoms. The van der Waals surface area contributed by atoms with Crippen molar-refractivity contribution in [3.05, 3.63) is 115 Å². The Bertz CT molecular complexity index is 1440. The van der Waals surface area contributed by atoms with Gasteiger partial charge in [-0.15, -0.1) is 0 Å². The quantitative estimate of drug-likeness (QED) is 0.350. The van der Waals surface area contributed by atoms with Crippen LogP contribution in [-0.2, 0) is 6.54 Å². The Balaban J connectivity index is 1.78. The summed E-state index contributed by atoms with van der Waals surface area (Å²) >= 11 is 12.4. The minimum absolute atomic E-state index is 0.0847. The molecule has 32 heavy (non-hydrogen) atoms. The van der Waals surface area contributed by atoms with Gasteiger partial charge in [0.05, 0.1) is 27.0 Å². The van der Waals surface area contributed by atoms with E-state index in [4.69, 9.17) is 27.6 Å². The molecule has 2 heterocycles. The van der Waals surface area contributed by atoms with Gasteiger partial charge in [-0.25, -0.2) is 0 Å². The van der Waals surface area contributed by atoms with Crippen molar-refractivity contribution in [2.24, 2.45) is 0 Å². The number of rotatable bonds is 3. The first-order valence-electron chi connectivity index (χ1n) is 10.2. The number of hydrogen-bond donors (Lipinski definition) is 0. The van der Waals surface area contributed by atoms with Crippen LogP contribution in [0, 0.1) is 13.8 Å². The molecule has 6 heteroatoms. The maximum absolute atomic E-state index is 13.7. The zero-order chi connectivity index (χ0) is 22.6. The van der Waals surface area contributed by atoms with Crippen molar-refractivity contribution in [3.63, 3.8) is 0 Å². The van der Waals surface area contributed by atoms with Crippen LogP contribution >= 0.6 is 23.2 Å². The van der Waals surface area contributed by atoms with E-state index in [-0.39, 0.29) is 17.1 Å². The first-order valence-corrected chi connectivity index (χ1v) is 11.0. The first kappa shape index (κ1) is 20.8. The monoisotopic (exact) mass is 463 g/mol. The minimum atomic E-state index is -0.631. The van der Waals surface area contributed by atoms with E-state index in [2.05, 4.69) is 0 Å². The number of fused-ring (bicyclic) bond motifs is 2. The summed E-state index contributed by atoms with van der Waals surface area (Å²) < 4.78 is 6.11. The number of carbonyl (C=O) groups excluding carboxylic acids is 1. The van der Waals surface area contributed by atoms with Crippen LogP contribution in [0.2, 0.25) is 10.0 Å². The highest BCUT2D eigenvalue weighted by Gasteiger charge is 2.43. The summed E-state index contributed by atoms with van der Waals surface area (Å²) in [5, 5.41) is 1.24. The molecule has 1 aliphatic rings. The molecule has 0 aliphatic carbocycles. The zero-order valence-electron chi connectivity index (χ0n) is 17.5. The topological polar surface area (TPSA) is 50.5 Å². The second-order valence-corrected chi connectivity index (χ2v) is 8.94. The predicted molar refractivity (Wildman–Crippen MR) is 127 cm³/mol. The van der Waals surface area contributed by atoms with Crippen molar-refractivity contribution < 1.29 is 9.21 Å². The average Bonchev–Trinajstić information content (AvgIpc) is 3.04. The van der Waals surface area contributed by atoms with Gasteiger partial charge >= 0.3 is 0 Å². The summed E-state index contributed by atoms with van der Waals surface area (Å²) in [6.45, 7) is 4.13. The van der Waals surface area contributed by atoms with Crippen LogP contribution in [0.5, 0.6) is 0 Å². The van der Waals surface area contributed by atoms with Gasteiger partial charge < -0.3 is 9.32 Å². The normalized spacial score (nSPS) is 15.4. The van der Waals surface area contributed by atoms with Crippen LogP contribution in [0.4, 0.5) is 0 Å². The molecule has 0 saturated carbocycles. The predicted octanol–water partition coefficient (Wildman–Crippen LogP) is 6.46. The van der Waals surface area contributed by atoms with Crippen molar-refractivity contribution in [3.8, 4) is 0 Å². The van der Waals surface area contributed by atoms with Gasteiger partial charge in [0.2, 0.25) is 5.76 Å². The third kappa shape index (κ3) is 3.31. The summed E-state index contributed by atoms with van der Waals surface area (Å²) in [7, 11) is 0. The van der Waals surface area contributed by atoms with Gasteiger partial charge in [0.15, 0.2) is 5.43 Å². The summed E-state index contributed by atoms with van der Waals surface area (Å²) in [5.41, 5.74) is 4.01. The van der Waals surface area contributed by atoms with Gasteiger partial charge in [-0.05, 0) is 54.3 Å². The molecular formula is C26H19Cl2NO3. The number of amides is 1. The van der Waals surface area contributed by atoms with Gasteiger partial charge in [-0.2, -0.15) is 0 Å². The third-order valence-corrected chi connectivity index (χ3v) is 6.59. The van der Waals surface area contributed by atoms with Gasteiger partial charge in [-0.3, -0.25) is 9.59 Å². The van der Waals surface area contributed by atoms with Crippen molar-refractivity contribution in [1.82, 2.24) is 4.90 Å². The van der Waals surface area contributed by atoms with Gasteiger partial charge in [0.25, 0.3) is 5.91 Å². The lowest BCUT2D eigenvalue weighted by Crippen LogP contribution is -2.29. The minimum Gasteiger partial charge on any atom is -0.450 e. The number of benzene rings is 3. The van der Waals surface area contributed by atoms with Crippen molar-refractivity contribution >= 4 is 40.1 Å². The highest BCUT2D eigenvalue weighted by atomic mass is 35.5. The van der Waals surface area contributed by atoms with Crippen molar-refractivity contribution in [1.29, 1.82) is 0 Å². The number of hydrogen-bond acceptors (Lipinski definition) is 3. The van der Waals surface area contributed by atoms with E-state index in [1.807, 2.05) is 56.3 Å². The summed E-state index contributed by atoms with van der Waals surface area (Å²) in [4.78, 5) is 28.9. The molecule has 0 fully saturated rings. The van der Waals surface area contributed by atoms with E-state index in [0.29, 0.717) is 38.7 Å². The molecule has 0 spiro atoms. The molecule has 1 aliphatic heterocycles. The molecule has 1 aromatic heterocycles. The van der Waals surface area contributed by atoms with E-state index in [1.54, 1.807) is 23.1 Å². The molecule has 4 aromatic rings. The smallest absolute Gasteiger partial charge is 0.291 e. The number of carbonyl (C=O) groups is 1. The Hall–Kier alpha value is -3.08. The van der Waals surface area contributed by atoms with Crippen LogP contribution < -0.4 is 5.43 Å². The van der Waals surface area contributed by atoms with E-state index >= 15 is 0 Å². The van der Waals surface area contributed by atoms with Crippen LogP contribution in [0.3, 0.4) is 0 Å². The zero-order valence-corrected chi connectivity index (χ0v) is 19.0. The standard InChI is InChI=1S/C26H19Cl2NO3/c1-14-10-15(2)24-18(11-14)23(30)21-22(17-8-9-19(27)20(28)12-17)29(26(31)25(21)32-24)13-16-6-4-3-5-7-16/h3-12,22H,13H2,1-2H3. The molecule has 1 unspecified atom stereocenters. The largest absolute Gasteiger partial charge is 0.450 e. The summed E-state index contributed by atoms with van der Waals surface area (Å²) in [6.07, 6.45) is 0. The molecular weight excluding hydrogens is 445 g/mol. The molecule has 3 aromatic carbocycles. The van der Waals surface area contributed by atoms with Crippen LogP contribution in [0.25, 0.3) is 11.0 Å². The molecule has 1 amide bonds. The fraction of sp³-hybridized carbons (Fsp3) is 0.154. The van der Waals surface area contributed by atoms with Crippen LogP contribution in [-0.4, -0.2) is 10.8 Å². The molecule has 0 radical (unpaired) electrons. The lowest BCUT2D eigenvalue weighted by atomic mass is 9.97. The Kier molecular flexibility index (Phi) is 5.07. The molecule has 0 N–H and O–H groups in total. The molecule has 4 nitrogen and oxygen atoms in total. The fourth-order valence-electron chi connectivity index (χ4n) is 4.45. The van der Waals surface area contributed by atoms with Crippen molar-refractivity contribution in [2.45, 2.75) is 26.4 Å². The van der Waals surface area contributed by atoms with Crippen LogP contribution in [0.1, 0.15) is 44.4 Å². The molecule has 1 atom stereocenters. The van der Waals surface area contributed by atoms with Gasteiger partial charge in [0.1, 0.15) is 5.58 Å². The Morgan fingerprint density at radius 3 is 2.41 bits per heavy atom. The second kappa shape index (κ2) is 7.80. The molecule has 0 saturated heterocycles. The number of nitrogens with zero attached hydrogens (tertiary/aromatic N) is 1. The maximum atomic E-state index is 13.7. The highest BCUT2D eigenvalue weighted by molar-refractivity contribution is 6.42. The lowest BCUT2D eigenvalue weighted by Gasteiger charge is -2.25. The second-order valence-electron chi connectivity index (χ2n) is 8.13. The number of halogens is 2. The third-order valence-electron chi connectivity index (χ3n) is 5.85. The highest BCUT2D eigenvalue weighted by Crippen LogP contribution is 2.41. The molecule has 160 valence electrons. The Labute approximate surface area is 195 Å². The maximum Gasteiger partial charge on any atom is 0.291 e. The first-order chi connectivity index (χ1) is 15.3. The average molecular weight is 464 g/mol. The van der Waals surface area contributed by atoms with Crippen LogP contribution in [0.15, 0.2) is 69.9 Å². The Morgan fingerprint density at radius 2 is 1.69 bits per heavy atom. The van der Waals surface area contributed by atoms with Gasteiger partial charge in [-0.1, -0.05) is 65.7 Å². The lowest BCUT2D eigenvalue weighted by molar-refractivity contribution is 0.0714. The fourth-order valence-corrected chi connectivity index (χ4v) is 4.75. The summed E-state index contributed by atoms with van der Waals surface area (Å²) in [6, 6.07) is 18.0. The van der Waals surface area contributed by atoms with E-state index in [1.165, 1.54) is 0 Å². The Morgan fingerprint density at radius 1 is 0.938 bits per heavy atom.